The van der Waals surface area contributed by atoms with Crippen LogP contribution >= 0.6 is 0 Å². The maximum absolute atomic E-state index is 12.2. The molecule has 0 aromatic heterocycles. The third kappa shape index (κ3) is 5.05. The number of nitrogens with one attached hydrogen (secondary N) is 1. The molecule has 11 atom stereocenters. The summed E-state index contributed by atoms with van der Waals surface area (Å²) in [6.07, 6.45) is 5.67. The summed E-state index contributed by atoms with van der Waals surface area (Å²) in [4.78, 5) is 12.2. The average Bonchev–Trinajstić information content (AvgIpc) is 3.12. The van der Waals surface area contributed by atoms with Crippen LogP contribution < -0.4 is 5.32 Å². The molecule has 0 aromatic carbocycles. The van der Waals surface area contributed by atoms with Crippen LogP contribution in [-0.2, 0) is 14.9 Å². The van der Waals surface area contributed by atoms with E-state index >= 15 is 0 Å². The quantitative estimate of drug-likeness (QED) is 0.327. The Balaban J connectivity index is 1.43. The van der Waals surface area contributed by atoms with Crippen molar-refractivity contribution in [2.24, 2.45) is 46.3 Å². The predicted octanol–water partition coefficient (Wildman–Crippen LogP) is 2.37. The number of amides is 1. The molecular weight excluding hydrogens is 470 g/mol. The zero-order chi connectivity index (χ0) is 25.8. The van der Waals surface area contributed by atoms with Gasteiger partial charge in [-0.25, -0.2) is 0 Å². The second-order valence-electron chi connectivity index (χ2n) is 12.7. The van der Waals surface area contributed by atoms with Gasteiger partial charge in [-0.15, -0.1) is 0 Å². The summed E-state index contributed by atoms with van der Waals surface area (Å²) < 4.78 is 30.5. The minimum atomic E-state index is -4.10. The highest BCUT2D eigenvalue weighted by atomic mass is 32.2. The van der Waals surface area contributed by atoms with E-state index in [9.17, 15) is 28.5 Å². The van der Waals surface area contributed by atoms with Gasteiger partial charge in [0.15, 0.2) is 0 Å². The third-order valence-corrected chi connectivity index (χ3v) is 11.7. The minimum Gasteiger partial charge on any atom is -0.393 e. The number of fused-ring (bicyclic) bond motifs is 5. The molecule has 4 aliphatic carbocycles. The van der Waals surface area contributed by atoms with Crippen LogP contribution in [0.4, 0.5) is 0 Å². The van der Waals surface area contributed by atoms with Crippen molar-refractivity contribution in [3.8, 4) is 0 Å². The van der Waals surface area contributed by atoms with Crippen LogP contribution in [0.3, 0.4) is 0 Å². The lowest BCUT2D eigenvalue weighted by Crippen LogP contribution is -2.62. The molecule has 0 saturated heterocycles. The first-order valence-corrected chi connectivity index (χ1v) is 15.1. The molecule has 2 unspecified atom stereocenters. The van der Waals surface area contributed by atoms with Crippen LogP contribution in [0.25, 0.3) is 0 Å². The summed E-state index contributed by atoms with van der Waals surface area (Å²) in [5.74, 6) is 0.705. The van der Waals surface area contributed by atoms with Crippen LogP contribution in [0.15, 0.2) is 0 Å². The normalized spacial score (nSPS) is 46.3. The second kappa shape index (κ2) is 9.86. The molecule has 0 radical (unpaired) electrons. The molecule has 4 rings (SSSR count). The lowest BCUT2D eigenvalue weighted by Gasteiger charge is -2.63. The first-order chi connectivity index (χ1) is 16.3. The Bertz CT molecular complexity index is 896. The summed E-state index contributed by atoms with van der Waals surface area (Å²) in [5.41, 5.74) is -0.254. The molecule has 4 fully saturated rings. The maximum atomic E-state index is 12.2. The van der Waals surface area contributed by atoms with Crippen molar-refractivity contribution >= 4 is 16.0 Å². The van der Waals surface area contributed by atoms with Crippen LogP contribution in [-0.4, -0.2) is 64.8 Å². The second-order valence-corrected chi connectivity index (χ2v) is 14.2. The number of hydrogen-bond acceptors (Lipinski definition) is 6. The molecule has 9 heteroatoms. The Morgan fingerprint density at radius 3 is 2.46 bits per heavy atom. The smallest absolute Gasteiger partial charge is 0.266 e. The molecule has 0 heterocycles. The SMILES string of the molecule is C[C@H](CCC(=O)NCCS(=O)(=O)O)[C@H]1CC[C@H]2C3C(O)C[C@@H]4C[C@H](O)CC[C@]4(C)[C@H]3C[C@H](O)[C@]12C. The van der Waals surface area contributed by atoms with Crippen LogP contribution in [0, 0.1) is 46.3 Å². The van der Waals surface area contributed by atoms with Gasteiger partial charge in [0.25, 0.3) is 10.1 Å². The van der Waals surface area contributed by atoms with E-state index in [0.717, 1.165) is 38.5 Å². The van der Waals surface area contributed by atoms with Crippen molar-refractivity contribution in [2.45, 2.75) is 96.9 Å². The Labute approximate surface area is 210 Å². The van der Waals surface area contributed by atoms with E-state index in [-0.39, 0.29) is 65.4 Å². The molecule has 202 valence electrons. The van der Waals surface area contributed by atoms with E-state index in [1.165, 1.54) is 0 Å². The summed E-state index contributed by atoms with van der Waals surface area (Å²) in [5, 5.41) is 35.8. The van der Waals surface area contributed by atoms with E-state index in [0.29, 0.717) is 18.8 Å². The number of rotatable bonds is 7. The molecule has 8 nitrogen and oxygen atoms in total. The highest BCUT2D eigenvalue weighted by molar-refractivity contribution is 7.85. The highest BCUT2D eigenvalue weighted by Crippen LogP contribution is 2.68. The zero-order valence-electron chi connectivity index (χ0n) is 21.4. The van der Waals surface area contributed by atoms with Crippen LogP contribution in [0.1, 0.15) is 78.6 Å². The summed E-state index contributed by atoms with van der Waals surface area (Å²) in [7, 11) is -4.10. The largest absolute Gasteiger partial charge is 0.393 e. The van der Waals surface area contributed by atoms with Gasteiger partial charge in [0.05, 0.1) is 24.1 Å². The van der Waals surface area contributed by atoms with E-state index in [1.54, 1.807) is 0 Å². The standard InChI is InChI=1S/C26H45NO7S/c1-15(4-7-23(31)27-10-11-35(32,33)34)18-5-6-19-24-20(14-22(30)26(18,19)3)25(2)9-8-17(28)12-16(25)13-21(24)29/h15-22,24,28-30H,4-14H2,1-3H3,(H,27,31)(H,32,33,34)/t15-,16+,17-,18-,19+,20+,21?,22+,24?,25+,26-/m1/s1. The minimum absolute atomic E-state index is 0.0509. The topological polar surface area (TPSA) is 144 Å². The number of hydrogen-bond donors (Lipinski definition) is 5. The molecule has 4 aliphatic rings. The maximum Gasteiger partial charge on any atom is 0.266 e. The highest BCUT2D eigenvalue weighted by Gasteiger charge is 2.65. The number of carbonyl (C=O) groups excluding carboxylic acids is 1. The van der Waals surface area contributed by atoms with Gasteiger partial charge in [-0.2, -0.15) is 8.42 Å². The third-order valence-electron chi connectivity index (χ3n) is 11.0. The van der Waals surface area contributed by atoms with Gasteiger partial charge in [-0.05, 0) is 97.7 Å². The Morgan fingerprint density at radius 2 is 1.77 bits per heavy atom. The summed E-state index contributed by atoms with van der Waals surface area (Å²) >= 11 is 0. The van der Waals surface area contributed by atoms with Crippen molar-refractivity contribution in [1.82, 2.24) is 5.32 Å². The Kier molecular flexibility index (Phi) is 7.69. The van der Waals surface area contributed by atoms with Gasteiger partial charge < -0.3 is 20.6 Å². The van der Waals surface area contributed by atoms with Crippen molar-refractivity contribution in [3.05, 3.63) is 0 Å². The van der Waals surface area contributed by atoms with Crippen molar-refractivity contribution in [1.29, 1.82) is 0 Å². The molecular formula is C26H45NO7S. The lowest BCUT2D eigenvalue weighted by atomic mass is 9.43. The van der Waals surface area contributed by atoms with E-state index in [2.05, 4.69) is 26.1 Å². The van der Waals surface area contributed by atoms with Gasteiger partial charge in [0.1, 0.15) is 0 Å². The van der Waals surface area contributed by atoms with Crippen LogP contribution in [0.5, 0.6) is 0 Å². The first kappa shape index (κ1) is 27.3. The fourth-order valence-corrected chi connectivity index (χ4v) is 9.46. The fourth-order valence-electron chi connectivity index (χ4n) is 9.10. The average molecular weight is 516 g/mol. The van der Waals surface area contributed by atoms with Gasteiger partial charge in [-0.1, -0.05) is 20.8 Å². The van der Waals surface area contributed by atoms with Crippen molar-refractivity contribution in [3.63, 3.8) is 0 Å². The van der Waals surface area contributed by atoms with Gasteiger partial charge >= 0.3 is 0 Å². The fraction of sp³-hybridized carbons (Fsp3) is 0.962. The number of aliphatic hydroxyl groups is 3. The summed E-state index contributed by atoms with van der Waals surface area (Å²) in [6, 6.07) is 0. The molecule has 0 aliphatic heterocycles. The number of aliphatic hydroxyl groups excluding tert-OH is 3. The Hall–Kier alpha value is -0.740. The van der Waals surface area contributed by atoms with E-state index in [1.807, 2.05) is 0 Å². The zero-order valence-corrected chi connectivity index (χ0v) is 22.2. The predicted molar refractivity (Wildman–Crippen MR) is 132 cm³/mol. The lowest BCUT2D eigenvalue weighted by molar-refractivity contribution is -0.207. The van der Waals surface area contributed by atoms with Crippen molar-refractivity contribution < 1.29 is 33.1 Å². The summed E-state index contributed by atoms with van der Waals surface area (Å²) in [6.45, 7) is 6.56. The molecule has 5 N–H and O–H groups in total. The molecule has 35 heavy (non-hydrogen) atoms. The Morgan fingerprint density at radius 1 is 1.06 bits per heavy atom. The van der Waals surface area contributed by atoms with Gasteiger partial charge in [0.2, 0.25) is 5.91 Å². The number of carbonyl (C=O) groups is 1. The van der Waals surface area contributed by atoms with E-state index in [4.69, 9.17) is 4.55 Å². The molecule has 1 amide bonds. The monoisotopic (exact) mass is 515 g/mol. The molecule has 0 bridgehead atoms. The van der Waals surface area contributed by atoms with Crippen molar-refractivity contribution in [2.75, 3.05) is 12.3 Å². The molecule has 0 spiro atoms. The van der Waals surface area contributed by atoms with E-state index < -0.39 is 28.1 Å². The first-order valence-electron chi connectivity index (χ1n) is 13.5. The van der Waals surface area contributed by atoms with Gasteiger partial charge in [0, 0.05) is 13.0 Å². The van der Waals surface area contributed by atoms with Crippen LogP contribution in [0.2, 0.25) is 0 Å². The molecule has 4 saturated carbocycles. The molecule has 0 aromatic rings. The van der Waals surface area contributed by atoms with Gasteiger partial charge in [-0.3, -0.25) is 9.35 Å².